The SMILES string of the molecule is COc1cc(-c2ccc3c(c2)NC(=O)C(N)N=C3)ccn1. The Morgan fingerprint density at radius 3 is 2.86 bits per heavy atom. The van der Waals surface area contributed by atoms with Gasteiger partial charge in [0.15, 0.2) is 6.17 Å². The normalized spacial score (nSPS) is 16.9. The van der Waals surface area contributed by atoms with Gasteiger partial charge in [-0.3, -0.25) is 9.79 Å². The smallest absolute Gasteiger partial charge is 0.263 e. The Balaban J connectivity index is 2.02. The first kappa shape index (κ1) is 13.3. The highest BCUT2D eigenvalue weighted by molar-refractivity contribution is 6.03. The minimum absolute atomic E-state index is 0.325. The minimum Gasteiger partial charge on any atom is -0.481 e. The van der Waals surface area contributed by atoms with E-state index >= 15 is 0 Å². The summed E-state index contributed by atoms with van der Waals surface area (Å²) in [4.78, 5) is 19.8. The van der Waals surface area contributed by atoms with E-state index < -0.39 is 6.17 Å². The molecule has 1 aromatic heterocycles. The number of benzene rings is 1. The lowest BCUT2D eigenvalue weighted by atomic mass is 10.0. The van der Waals surface area contributed by atoms with Gasteiger partial charge in [0.2, 0.25) is 5.88 Å². The highest BCUT2D eigenvalue weighted by Gasteiger charge is 2.17. The van der Waals surface area contributed by atoms with Crippen LogP contribution >= 0.6 is 0 Å². The Morgan fingerprint density at radius 2 is 2.05 bits per heavy atom. The number of pyridine rings is 1. The van der Waals surface area contributed by atoms with Crippen LogP contribution in [0.1, 0.15) is 5.56 Å². The molecule has 1 aromatic carbocycles. The number of nitrogens with two attached hydrogens (primary N) is 1. The van der Waals surface area contributed by atoms with E-state index in [1.807, 2.05) is 30.3 Å². The molecule has 106 valence electrons. The number of aromatic nitrogens is 1. The second kappa shape index (κ2) is 5.34. The van der Waals surface area contributed by atoms with Crippen LogP contribution in [-0.2, 0) is 4.79 Å². The zero-order valence-electron chi connectivity index (χ0n) is 11.4. The third-order valence-electron chi connectivity index (χ3n) is 3.23. The fourth-order valence-electron chi connectivity index (χ4n) is 2.09. The molecular formula is C15H14N4O2. The third kappa shape index (κ3) is 2.61. The molecule has 0 fully saturated rings. The van der Waals surface area contributed by atoms with Gasteiger partial charge >= 0.3 is 0 Å². The summed E-state index contributed by atoms with van der Waals surface area (Å²) in [6.07, 6.45) is 2.41. The molecule has 6 nitrogen and oxygen atoms in total. The van der Waals surface area contributed by atoms with Crippen molar-refractivity contribution < 1.29 is 9.53 Å². The summed E-state index contributed by atoms with van der Waals surface area (Å²) in [7, 11) is 1.57. The number of amides is 1. The lowest BCUT2D eigenvalue weighted by Gasteiger charge is -2.10. The first-order valence-corrected chi connectivity index (χ1v) is 6.41. The van der Waals surface area contributed by atoms with E-state index in [9.17, 15) is 4.79 Å². The molecule has 3 N–H and O–H groups in total. The van der Waals surface area contributed by atoms with Crippen molar-refractivity contribution in [2.24, 2.45) is 10.7 Å². The number of hydrogen-bond acceptors (Lipinski definition) is 5. The van der Waals surface area contributed by atoms with Crippen molar-refractivity contribution in [3.05, 3.63) is 42.1 Å². The largest absolute Gasteiger partial charge is 0.481 e. The molecule has 2 heterocycles. The number of carbonyl (C=O) groups is 1. The van der Waals surface area contributed by atoms with E-state index in [1.54, 1.807) is 19.5 Å². The number of nitrogens with one attached hydrogen (secondary N) is 1. The van der Waals surface area contributed by atoms with Gasteiger partial charge in [-0.25, -0.2) is 4.98 Å². The molecule has 21 heavy (non-hydrogen) atoms. The number of aliphatic imine (C=N–C) groups is 1. The second-order valence-electron chi connectivity index (χ2n) is 4.60. The van der Waals surface area contributed by atoms with Crippen molar-refractivity contribution in [2.45, 2.75) is 6.17 Å². The molecule has 6 heteroatoms. The third-order valence-corrected chi connectivity index (χ3v) is 3.23. The zero-order valence-corrected chi connectivity index (χ0v) is 11.4. The summed E-state index contributed by atoms with van der Waals surface area (Å²) < 4.78 is 5.12. The van der Waals surface area contributed by atoms with Crippen LogP contribution in [0, 0.1) is 0 Å². The summed E-state index contributed by atoms with van der Waals surface area (Å²) in [5.41, 5.74) is 9.01. The van der Waals surface area contributed by atoms with E-state index in [-0.39, 0.29) is 5.91 Å². The molecule has 2 aromatic rings. The number of fused-ring (bicyclic) bond motifs is 1. The first-order chi connectivity index (χ1) is 10.2. The summed E-state index contributed by atoms with van der Waals surface area (Å²) in [5, 5.41) is 2.78. The maximum atomic E-state index is 11.7. The topological polar surface area (TPSA) is 89.6 Å². The van der Waals surface area contributed by atoms with E-state index in [0.29, 0.717) is 11.6 Å². The van der Waals surface area contributed by atoms with Gasteiger partial charge in [-0.15, -0.1) is 0 Å². The fourth-order valence-corrected chi connectivity index (χ4v) is 2.09. The lowest BCUT2D eigenvalue weighted by Crippen LogP contribution is -2.32. The monoisotopic (exact) mass is 282 g/mol. The summed E-state index contributed by atoms with van der Waals surface area (Å²) in [5.74, 6) is 0.213. The maximum Gasteiger partial charge on any atom is 0.263 e. The molecule has 0 spiro atoms. The van der Waals surface area contributed by atoms with Crippen molar-refractivity contribution in [1.82, 2.24) is 4.98 Å². The van der Waals surface area contributed by atoms with Gasteiger partial charge < -0.3 is 15.8 Å². The number of methoxy groups -OCH3 is 1. The van der Waals surface area contributed by atoms with Crippen LogP contribution in [0.25, 0.3) is 11.1 Å². The van der Waals surface area contributed by atoms with Gasteiger partial charge in [-0.1, -0.05) is 12.1 Å². The highest BCUT2D eigenvalue weighted by atomic mass is 16.5. The maximum absolute atomic E-state index is 11.7. The van der Waals surface area contributed by atoms with Crippen LogP contribution in [0.4, 0.5) is 5.69 Å². The highest BCUT2D eigenvalue weighted by Crippen LogP contribution is 2.27. The predicted molar refractivity (Wildman–Crippen MR) is 80.4 cm³/mol. The number of hydrogen-bond donors (Lipinski definition) is 2. The van der Waals surface area contributed by atoms with E-state index in [0.717, 1.165) is 16.7 Å². The number of rotatable bonds is 2. The molecule has 1 atom stereocenters. The van der Waals surface area contributed by atoms with Crippen LogP contribution < -0.4 is 15.8 Å². The molecule has 1 aliphatic heterocycles. The average Bonchev–Trinajstić information content (AvgIpc) is 2.66. The molecule has 0 saturated carbocycles. The van der Waals surface area contributed by atoms with Gasteiger partial charge in [0.1, 0.15) is 0 Å². The Bertz CT molecular complexity index is 727. The zero-order chi connectivity index (χ0) is 14.8. The van der Waals surface area contributed by atoms with Crippen molar-refractivity contribution in [2.75, 3.05) is 12.4 Å². The fraction of sp³-hybridized carbons (Fsp3) is 0.133. The molecule has 0 radical (unpaired) electrons. The second-order valence-corrected chi connectivity index (χ2v) is 4.60. The summed E-state index contributed by atoms with van der Waals surface area (Å²) >= 11 is 0. The molecule has 3 rings (SSSR count). The molecular weight excluding hydrogens is 268 g/mol. The van der Waals surface area contributed by atoms with E-state index in [4.69, 9.17) is 10.5 Å². The number of benzodiazepines with no additional fused rings is 1. The molecule has 0 saturated heterocycles. The van der Waals surface area contributed by atoms with E-state index in [2.05, 4.69) is 15.3 Å². The van der Waals surface area contributed by atoms with Crippen molar-refractivity contribution in [1.29, 1.82) is 0 Å². The Kier molecular flexibility index (Phi) is 3.37. The Morgan fingerprint density at radius 1 is 1.24 bits per heavy atom. The van der Waals surface area contributed by atoms with Crippen LogP contribution in [-0.4, -0.2) is 30.4 Å². The van der Waals surface area contributed by atoms with Gasteiger partial charge in [0, 0.05) is 24.0 Å². The molecule has 1 amide bonds. The number of ether oxygens (including phenoxy) is 1. The summed E-state index contributed by atoms with van der Waals surface area (Å²) in [6, 6.07) is 9.43. The minimum atomic E-state index is -0.873. The lowest BCUT2D eigenvalue weighted by molar-refractivity contribution is -0.117. The number of anilines is 1. The molecule has 0 aliphatic carbocycles. The van der Waals surface area contributed by atoms with Crippen LogP contribution in [0.3, 0.4) is 0 Å². The van der Waals surface area contributed by atoms with Crippen molar-refractivity contribution in [3.8, 4) is 17.0 Å². The Hall–Kier alpha value is -2.73. The van der Waals surface area contributed by atoms with Crippen LogP contribution in [0.5, 0.6) is 5.88 Å². The van der Waals surface area contributed by atoms with E-state index in [1.165, 1.54) is 0 Å². The van der Waals surface area contributed by atoms with Crippen LogP contribution in [0.15, 0.2) is 41.5 Å². The van der Waals surface area contributed by atoms with Crippen molar-refractivity contribution in [3.63, 3.8) is 0 Å². The van der Waals surface area contributed by atoms with Crippen LogP contribution in [0.2, 0.25) is 0 Å². The summed E-state index contributed by atoms with van der Waals surface area (Å²) in [6.45, 7) is 0. The number of nitrogens with zero attached hydrogens (tertiary/aromatic N) is 2. The molecule has 1 aliphatic rings. The quantitative estimate of drug-likeness (QED) is 0.871. The van der Waals surface area contributed by atoms with Crippen molar-refractivity contribution >= 4 is 17.8 Å². The van der Waals surface area contributed by atoms with Gasteiger partial charge in [-0.2, -0.15) is 0 Å². The first-order valence-electron chi connectivity index (χ1n) is 6.41. The average molecular weight is 282 g/mol. The molecule has 1 unspecified atom stereocenters. The Labute approximate surface area is 121 Å². The standard InChI is InChI=1S/C15H14N4O2/c1-21-13-7-10(4-5-17-13)9-2-3-11-8-18-14(16)15(20)19-12(11)6-9/h2-8,14H,16H2,1H3,(H,19,20). The van der Waals surface area contributed by atoms with Gasteiger partial charge in [0.25, 0.3) is 5.91 Å². The number of carbonyl (C=O) groups excluding carboxylic acids is 1. The molecule has 0 bridgehead atoms. The van der Waals surface area contributed by atoms with Gasteiger partial charge in [0.05, 0.1) is 12.8 Å². The van der Waals surface area contributed by atoms with Gasteiger partial charge in [-0.05, 0) is 23.3 Å². The predicted octanol–water partition coefficient (Wildman–Crippen LogP) is 1.41.